The van der Waals surface area contributed by atoms with Gasteiger partial charge in [-0.1, -0.05) is 17.7 Å². The van der Waals surface area contributed by atoms with Crippen LogP contribution in [-0.2, 0) is 19.6 Å². The topological polar surface area (TPSA) is 72.9 Å². The van der Waals surface area contributed by atoms with Crippen LogP contribution in [-0.4, -0.2) is 34.6 Å². The molecular weight excluding hydrogens is 385 g/mol. The first kappa shape index (κ1) is 20.0. The van der Waals surface area contributed by atoms with Crippen LogP contribution < -0.4 is 9.04 Å². The summed E-state index contributed by atoms with van der Waals surface area (Å²) in [6.45, 7) is 1.12. The van der Waals surface area contributed by atoms with Crippen molar-refractivity contribution in [2.24, 2.45) is 0 Å². The Morgan fingerprint density at radius 3 is 2.54 bits per heavy atom. The molecule has 6 nitrogen and oxygen atoms in total. The summed E-state index contributed by atoms with van der Waals surface area (Å²) < 4.78 is 50.4. The van der Waals surface area contributed by atoms with Crippen LogP contribution in [0, 0.1) is 5.82 Å². The molecule has 140 valence electrons. The minimum atomic E-state index is -4.25. The number of carbonyl (C=O) groups excluding carboxylic acids is 1. The molecule has 0 spiro atoms. The number of hydrogen-bond acceptors (Lipinski definition) is 5. The average Bonchev–Trinajstić information content (AvgIpc) is 2.59. The largest absolute Gasteiger partial charge is 0.494 e. The lowest BCUT2D eigenvalue weighted by Crippen LogP contribution is -2.36. The van der Waals surface area contributed by atoms with Crippen molar-refractivity contribution in [1.29, 1.82) is 0 Å². The van der Waals surface area contributed by atoms with E-state index in [9.17, 15) is 17.6 Å². The van der Waals surface area contributed by atoms with E-state index in [-0.39, 0.29) is 28.0 Å². The SMILES string of the molecule is CCOC(=O)CN(c1cccc(Cl)c1)S(=O)(=O)c1ccc(OC)c(F)c1. The van der Waals surface area contributed by atoms with E-state index in [0.717, 1.165) is 10.4 Å². The number of rotatable bonds is 7. The van der Waals surface area contributed by atoms with Crippen LogP contribution in [0.5, 0.6) is 5.75 Å². The quantitative estimate of drug-likeness (QED) is 0.666. The van der Waals surface area contributed by atoms with E-state index in [1.54, 1.807) is 19.1 Å². The van der Waals surface area contributed by atoms with Crippen LogP contribution >= 0.6 is 11.6 Å². The van der Waals surface area contributed by atoms with Crippen molar-refractivity contribution in [3.63, 3.8) is 0 Å². The predicted octanol–water partition coefficient (Wildman–Crippen LogP) is 3.25. The first-order valence-corrected chi connectivity index (χ1v) is 9.39. The van der Waals surface area contributed by atoms with E-state index in [4.69, 9.17) is 21.1 Å². The average molecular weight is 402 g/mol. The van der Waals surface area contributed by atoms with Crippen molar-refractivity contribution in [3.05, 3.63) is 53.3 Å². The lowest BCUT2D eigenvalue weighted by Gasteiger charge is -2.24. The molecular formula is C17H17ClFNO5S. The Morgan fingerprint density at radius 2 is 1.96 bits per heavy atom. The molecule has 0 amide bonds. The highest BCUT2D eigenvalue weighted by atomic mass is 35.5. The fourth-order valence-corrected chi connectivity index (χ4v) is 3.80. The zero-order valence-corrected chi connectivity index (χ0v) is 15.7. The molecule has 0 N–H and O–H groups in total. The summed E-state index contributed by atoms with van der Waals surface area (Å²) in [7, 11) is -2.98. The lowest BCUT2D eigenvalue weighted by atomic mass is 10.3. The Balaban J connectivity index is 2.52. The summed E-state index contributed by atoms with van der Waals surface area (Å²) in [5, 5.41) is 0.285. The van der Waals surface area contributed by atoms with Gasteiger partial charge in [-0.3, -0.25) is 9.10 Å². The summed E-state index contributed by atoms with van der Waals surface area (Å²) in [6, 6.07) is 9.19. The number of carbonyl (C=O) groups is 1. The third-order valence-electron chi connectivity index (χ3n) is 3.39. The number of ether oxygens (including phenoxy) is 2. The Bertz CT molecular complexity index is 904. The smallest absolute Gasteiger partial charge is 0.326 e. The number of esters is 1. The lowest BCUT2D eigenvalue weighted by molar-refractivity contribution is -0.141. The molecule has 0 radical (unpaired) electrons. The first-order chi connectivity index (χ1) is 12.3. The zero-order chi connectivity index (χ0) is 19.3. The van der Waals surface area contributed by atoms with Crippen LogP contribution in [0.3, 0.4) is 0 Å². The van der Waals surface area contributed by atoms with E-state index in [0.29, 0.717) is 0 Å². The van der Waals surface area contributed by atoms with Crippen molar-refractivity contribution in [3.8, 4) is 5.75 Å². The van der Waals surface area contributed by atoms with E-state index < -0.39 is 28.4 Å². The molecule has 0 aliphatic heterocycles. The van der Waals surface area contributed by atoms with Gasteiger partial charge in [-0.05, 0) is 43.3 Å². The number of hydrogen-bond donors (Lipinski definition) is 0. The number of sulfonamides is 1. The molecule has 0 bridgehead atoms. The summed E-state index contributed by atoms with van der Waals surface area (Å²) in [4.78, 5) is 11.6. The van der Waals surface area contributed by atoms with E-state index in [1.807, 2.05) is 0 Å². The van der Waals surface area contributed by atoms with E-state index in [2.05, 4.69) is 0 Å². The van der Waals surface area contributed by atoms with Gasteiger partial charge >= 0.3 is 5.97 Å². The molecule has 0 saturated carbocycles. The van der Waals surface area contributed by atoms with Crippen LogP contribution in [0.2, 0.25) is 5.02 Å². The Morgan fingerprint density at radius 1 is 1.23 bits per heavy atom. The molecule has 0 aromatic heterocycles. The Hall–Kier alpha value is -2.32. The molecule has 9 heteroatoms. The van der Waals surface area contributed by atoms with Crippen molar-refractivity contribution < 1.29 is 27.1 Å². The fraction of sp³-hybridized carbons (Fsp3) is 0.235. The predicted molar refractivity (Wildman–Crippen MR) is 95.6 cm³/mol. The van der Waals surface area contributed by atoms with Gasteiger partial charge in [0.2, 0.25) is 0 Å². The molecule has 2 aromatic carbocycles. The molecule has 26 heavy (non-hydrogen) atoms. The summed E-state index contributed by atoms with van der Waals surface area (Å²) in [5.41, 5.74) is 0.154. The van der Waals surface area contributed by atoms with Crippen LogP contribution in [0.15, 0.2) is 47.4 Å². The van der Waals surface area contributed by atoms with Gasteiger partial charge in [0, 0.05) is 5.02 Å². The fourth-order valence-electron chi connectivity index (χ4n) is 2.20. The van der Waals surface area contributed by atoms with Crippen LogP contribution in [0.25, 0.3) is 0 Å². The molecule has 0 fully saturated rings. The number of benzene rings is 2. The van der Waals surface area contributed by atoms with Gasteiger partial charge in [-0.2, -0.15) is 0 Å². The first-order valence-electron chi connectivity index (χ1n) is 7.57. The molecule has 2 rings (SSSR count). The summed E-state index contributed by atoms with van der Waals surface area (Å²) in [5.74, 6) is -1.68. The highest BCUT2D eigenvalue weighted by Gasteiger charge is 2.28. The molecule has 2 aromatic rings. The van der Waals surface area contributed by atoms with E-state index in [1.165, 1.54) is 31.4 Å². The molecule has 0 saturated heterocycles. The minimum absolute atomic E-state index is 0.0938. The Kier molecular flexibility index (Phi) is 6.44. The molecule has 0 aliphatic rings. The highest BCUT2D eigenvalue weighted by molar-refractivity contribution is 7.92. The number of halogens is 2. The van der Waals surface area contributed by atoms with Gasteiger partial charge in [0.05, 0.1) is 24.3 Å². The normalized spacial score (nSPS) is 11.1. The second-order valence-corrected chi connectivity index (χ2v) is 7.39. The summed E-state index contributed by atoms with van der Waals surface area (Å²) in [6.07, 6.45) is 0. The van der Waals surface area contributed by atoms with Gasteiger partial charge in [0.1, 0.15) is 6.54 Å². The van der Waals surface area contributed by atoms with Gasteiger partial charge < -0.3 is 9.47 Å². The monoisotopic (exact) mass is 401 g/mol. The third-order valence-corrected chi connectivity index (χ3v) is 5.39. The van der Waals surface area contributed by atoms with Crippen molar-refractivity contribution in [2.45, 2.75) is 11.8 Å². The van der Waals surface area contributed by atoms with Crippen molar-refractivity contribution in [2.75, 3.05) is 24.6 Å². The molecule has 0 unspecified atom stereocenters. The maximum atomic E-state index is 14.0. The number of anilines is 1. The van der Waals surface area contributed by atoms with Crippen molar-refractivity contribution in [1.82, 2.24) is 0 Å². The number of methoxy groups -OCH3 is 1. The minimum Gasteiger partial charge on any atom is -0.494 e. The number of nitrogens with zero attached hydrogens (tertiary/aromatic N) is 1. The third kappa shape index (κ3) is 4.44. The van der Waals surface area contributed by atoms with Gasteiger partial charge in [-0.25, -0.2) is 12.8 Å². The maximum Gasteiger partial charge on any atom is 0.326 e. The second-order valence-electron chi connectivity index (χ2n) is 5.09. The standard InChI is InChI=1S/C17H17ClFNO5S/c1-3-25-17(21)11-20(13-6-4-5-12(18)9-13)26(22,23)14-7-8-16(24-2)15(19)10-14/h4-10H,3,11H2,1-2H3. The van der Waals surface area contributed by atoms with Gasteiger partial charge in [0.15, 0.2) is 11.6 Å². The van der Waals surface area contributed by atoms with Gasteiger partial charge in [-0.15, -0.1) is 0 Å². The second kappa shape index (κ2) is 8.37. The summed E-state index contributed by atoms with van der Waals surface area (Å²) >= 11 is 5.93. The van der Waals surface area contributed by atoms with Crippen LogP contribution in [0.1, 0.15) is 6.92 Å². The van der Waals surface area contributed by atoms with E-state index >= 15 is 0 Å². The van der Waals surface area contributed by atoms with Gasteiger partial charge in [0.25, 0.3) is 10.0 Å². The van der Waals surface area contributed by atoms with Crippen LogP contribution in [0.4, 0.5) is 10.1 Å². The Labute approximate surface area is 156 Å². The maximum absolute atomic E-state index is 14.0. The highest BCUT2D eigenvalue weighted by Crippen LogP contribution is 2.28. The zero-order valence-electron chi connectivity index (χ0n) is 14.1. The molecule has 0 heterocycles. The molecule has 0 aliphatic carbocycles. The molecule has 0 atom stereocenters. The van der Waals surface area contributed by atoms with Crippen molar-refractivity contribution >= 4 is 33.3 Å².